The first-order valence-corrected chi connectivity index (χ1v) is 9.55. The minimum absolute atomic E-state index is 0.0605. The Morgan fingerprint density at radius 3 is 2.41 bits per heavy atom. The van der Waals surface area contributed by atoms with Crippen LogP contribution in [0, 0.1) is 11.3 Å². The summed E-state index contributed by atoms with van der Waals surface area (Å²) in [5, 5.41) is 0. The molecular weight excluding hydrogens is 302 g/mol. The molecule has 0 aromatic rings. The number of likely N-dealkylation sites (tertiary alicyclic amines) is 1. The Morgan fingerprint density at radius 2 is 1.91 bits per heavy atom. The molecule has 130 valence electrons. The largest absolute Gasteiger partial charge is 0.384 e. The molecule has 7 heteroatoms. The fourth-order valence-electron chi connectivity index (χ4n) is 3.76. The Balaban J connectivity index is 1.92. The maximum absolute atomic E-state index is 12.8. The molecule has 2 aliphatic heterocycles. The third-order valence-corrected chi connectivity index (χ3v) is 6.98. The van der Waals surface area contributed by atoms with E-state index >= 15 is 0 Å². The van der Waals surface area contributed by atoms with Gasteiger partial charge in [0.25, 0.3) is 10.2 Å². The maximum Gasteiger partial charge on any atom is 0.281 e. The Morgan fingerprint density at radius 1 is 1.27 bits per heavy atom. The van der Waals surface area contributed by atoms with Crippen molar-refractivity contribution in [1.82, 2.24) is 13.5 Å². The molecule has 2 aliphatic rings. The van der Waals surface area contributed by atoms with Gasteiger partial charge in [-0.25, -0.2) is 0 Å². The summed E-state index contributed by atoms with van der Waals surface area (Å²) < 4.78 is 33.9. The van der Waals surface area contributed by atoms with E-state index < -0.39 is 10.2 Å². The van der Waals surface area contributed by atoms with Gasteiger partial charge in [-0.1, -0.05) is 6.92 Å². The second kappa shape index (κ2) is 7.13. The van der Waals surface area contributed by atoms with Gasteiger partial charge in [-0.2, -0.15) is 17.0 Å². The summed E-state index contributed by atoms with van der Waals surface area (Å²) in [6, 6.07) is 0. The van der Waals surface area contributed by atoms with Crippen LogP contribution in [-0.2, 0) is 14.9 Å². The van der Waals surface area contributed by atoms with E-state index in [4.69, 9.17) is 4.74 Å². The van der Waals surface area contributed by atoms with Crippen LogP contribution in [0.1, 0.15) is 26.2 Å². The van der Waals surface area contributed by atoms with Gasteiger partial charge in [0.1, 0.15) is 0 Å². The normalized spacial score (nSPS) is 29.5. The van der Waals surface area contributed by atoms with Crippen molar-refractivity contribution in [3.8, 4) is 0 Å². The van der Waals surface area contributed by atoms with Crippen molar-refractivity contribution >= 4 is 10.2 Å². The molecule has 2 heterocycles. The van der Waals surface area contributed by atoms with E-state index in [0.29, 0.717) is 25.6 Å². The fraction of sp³-hybridized carbons (Fsp3) is 1.00. The summed E-state index contributed by atoms with van der Waals surface area (Å²) in [6.45, 7) is 6.74. The summed E-state index contributed by atoms with van der Waals surface area (Å²) in [5.74, 6) is 0.489. The highest BCUT2D eigenvalue weighted by Crippen LogP contribution is 2.31. The molecule has 0 spiro atoms. The molecule has 1 atom stereocenters. The molecule has 0 radical (unpaired) electrons. The van der Waals surface area contributed by atoms with Gasteiger partial charge in [-0.05, 0) is 44.2 Å². The molecule has 0 aliphatic carbocycles. The van der Waals surface area contributed by atoms with E-state index in [-0.39, 0.29) is 5.41 Å². The van der Waals surface area contributed by atoms with Crippen LogP contribution in [0.15, 0.2) is 0 Å². The average Bonchev–Trinajstić information content (AvgIpc) is 2.79. The van der Waals surface area contributed by atoms with Gasteiger partial charge in [-0.3, -0.25) is 0 Å². The first-order valence-electron chi connectivity index (χ1n) is 8.16. The van der Waals surface area contributed by atoms with E-state index in [1.807, 2.05) is 0 Å². The van der Waals surface area contributed by atoms with E-state index in [1.54, 1.807) is 22.8 Å². The smallest absolute Gasteiger partial charge is 0.281 e. The molecule has 0 aromatic heterocycles. The number of ether oxygens (including phenoxy) is 1. The Bertz CT molecular complexity index is 463. The number of piperidine rings is 1. The van der Waals surface area contributed by atoms with Crippen LogP contribution >= 0.6 is 0 Å². The lowest BCUT2D eigenvalue weighted by Gasteiger charge is -2.36. The minimum atomic E-state index is -3.34. The number of rotatable bonds is 6. The Hall–Kier alpha value is -0.210. The quantitative estimate of drug-likeness (QED) is 0.724. The Kier molecular flexibility index (Phi) is 5.88. The summed E-state index contributed by atoms with van der Waals surface area (Å²) in [4.78, 5) is 2.27. The molecule has 0 bridgehead atoms. The fourth-order valence-corrected chi connectivity index (χ4v) is 5.30. The predicted octanol–water partition coefficient (Wildman–Crippen LogP) is 0.863. The highest BCUT2D eigenvalue weighted by Gasteiger charge is 2.38. The molecule has 0 aromatic carbocycles. The number of hydrogen-bond donors (Lipinski definition) is 0. The van der Waals surface area contributed by atoms with E-state index in [1.165, 1.54) is 0 Å². The first kappa shape index (κ1) is 18.1. The van der Waals surface area contributed by atoms with Crippen LogP contribution in [0.25, 0.3) is 0 Å². The monoisotopic (exact) mass is 333 g/mol. The highest BCUT2D eigenvalue weighted by molar-refractivity contribution is 7.86. The van der Waals surface area contributed by atoms with Crippen LogP contribution < -0.4 is 0 Å². The van der Waals surface area contributed by atoms with Gasteiger partial charge in [-0.15, -0.1) is 0 Å². The van der Waals surface area contributed by atoms with Crippen LogP contribution in [-0.4, -0.2) is 82.5 Å². The van der Waals surface area contributed by atoms with Crippen molar-refractivity contribution in [1.29, 1.82) is 0 Å². The van der Waals surface area contributed by atoms with Crippen LogP contribution in [0.5, 0.6) is 0 Å². The molecule has 6 nitrogen and oxygen atoms in total. The van der Waals surface area contributed by atoms with Gasteiger partial charge in [0, 0.05) is 46.9 Å². The molecule has 0 N–H and O–H groups in total. The number of methoxy groups -OCH3 is 1. The SMILES string of the molecule is COCC1CCN(S(=O)(=O)N(C)CC2(C)CCN(C)C2)CC1. The van der Waals surface area contributed by atoms with Gasteiger partial charge in [0.15, 0.2) is 0 Å². The lowest BCUT2D eigenvalue weighted by Crippen LogP contribution is -2.49. The van der Waals surface area contributed by atoms with E-state index in [0.717, 1.165) is 39.0 Å². The van der Waals surface area contributed by atoms with Crippen LogP contribution in [0.2, 0.25) is 0 Å². The zero-order chi connectivity index (χ0) is 16.4. The van der Waals surface area contributed by atoms with Crippen molar-refractivity contribution in [2.45, 2.75) is 26.2 Å². The lowest BCUT2D eigenvalue weighted by molar-refractivity contribution is 0.119. The number of nitrogens with zero attached hydrogens (tertiary/aromatic N) is 3. The summed E-state index contributed by atoms with van der Waals surface area (Å²) in [7, 11) is 2.19. The van der Waals surface area contributed by atoms with Crippen molar-refractivity contribution < 1.29 is 13.2 Å². The molecule has 2 rings (SSSR count). The van der Waals surface area contributed by atoms with Crippen molar-refractivity contribution in [2.75, 3.05) is 60.5 Å². The summed E-state index contributed by atoms with van der Waals surface area (Å²) in [6.07, 6.45) is 2.83. The zero-order valence-corrected chi connectivity index (χ0v) is 15.2. The van der Waals surface area contributed by atoms with Crippen molar-refractivity contribution in [2.24, 2.45) is 11.3 Å². The molecule has 22 heavy (non-hydrogen) atoms. The molecule has 0 amide bonds. The van der Waals surface area contributed by atoms with Crippen LogP contribution in [0.3, 0.4) is 0 Å². The van der Waals surface area contributed by atoms with Gasteiger partial charge in [0.2, 0.25) is 0 Å². The standard InChI is InChI=1S/C15H31N3O3S/c1-15(7-10-16(2)12-15)13-17(3)22(19,20)18-8-5-14(6-9-18)11-21-4/h14H,5-13H2,1-4H3. The summed E-state index contributed by atoms with van der Waals surface area (Å²) >= 11 is 0. The second-order valence-electron chi connectivity index (χ2n) is 7.36. The molecule has 2 saturated heterocycles. The van der Waals surface area contributed by atoms with Gasteiger partial charge >= 0.3 is 0 Å². The third-order valence-electron chi connectivity index (χ3n) is 5.05. The molecule has 2 fully saturated rings. The van der Waals surface area contributed by atoms with Gasteiger partial charge in [0.05, 0.1) is 0 Å². The van der Waals surface area contributed by atoms with Crippen molar-refractivity contribution in [3.05, 3.63) is 0 Å². The third kappa shape index (κ3) is 4.20. The molecular formula is C15H31N3O3S. The van der Waals surface area contributed by atoms with E-state index in [9.17, 15) is 8.42 Å². The average molecular weight is 333 g/mol. The van der Waals surface area contributed by atoms with Gasteiger partial charge < -0.3 is 9.64 Å². The van der Waals surface area contributed by atoms with Crippen LogP contribution in [0.4, 0.5) is 0 Å². The lowest BCUT2D eigenvalue weighted by atomic mass is 9.90. The molecule has 0 saturated carbocycles. The zero-order valence-electron chi connectivity index (χ0n) is 14.4. The topological polar surface area (TPSA) is 53.1 Å². The predicted molar refractivity (Wildman–Crippen MR) is 87.9 cm³/mol. The Labute approximate surface area is 135 Å². The summed E-state index contributed by atoms with van der Waals surface area (Å²) in [5.41, 5.74) is 0.0605. The minimum Gasteiger partial charge on any atom is -0.384 e. The van der Waals surface area contributed by atoms with Crippen molar-refractivity contribution in [3.63, 3.8) is 0 Å². The first-order chi connectivity index (χ1) is 10.3. The second-order valence-corrected chi connectivity index (χ2v) is 9.40. The molecule has 1 unspecified atom stereocenters. The maximum atomic E-state index is 12.8. The highest BCUT2D eigenvalue weighted by atomic mass is 32.2. The number of hydrogen-bond acceptors (Lipinski definition) is 4. The van der Waals surface area contributed by atoms with E-state index in [2.05, 4.69) is 18.9 Å².